The average Bonchev–Trinajstić information content (AvgIpc) is 3.06. The highest BCUT2D eigenvalue weighted by Gasteiger charge is 2.37. The summed E-state index contributed by atoms with van der Waals surface area (Å²) in [5.74, 6) is -1.75. The lowest BCUT2D eigenvalue weighted by atomic mass is 10.3. The molecule has 2 aromatic rings. The maximum atomic E-state index is 12.4. The highest BCUT2D eigenvalue weighted by atomic mass is 32.2. The number of sulfone groups is 1. The van der Waals surface area contributed by atoms with Crippen LogP contribution in [0, 0.1) is 0 Å². The van der Waals surface area contributed by atoms with Crippen molar-refractivity contribution < 1.29 is 30.8 Å². The summed E-state index contributed by atoms with van der Waals surface area (Å²) in [6.45, 7) is 0.639. The molecular formula is C14H13F3N4O4S. The minimum atomic E-state index is -4.77. The van der Waals surface area contributed by atoms with E-state index < -0.39 is 33.5 Å². The van der Waals surface area contributed by atoms with Gasteiger partial charge in [0.2, 0.25) is 0 Å². The Morgan fingerprint density at radius 3 is 2.46 bits per heavy atom. The molecule has 3 heterocycles. The SMILES string of the molecule is O=C(Nc1ccc(N2CCS(=O)(=O)CC2)nc1)c1coc(C(F)(F)F)n1. The minimum Gasteiger partial charge on any atom is -0.441 e. The van der Waals surface area contributed by atoms with E-state index in [0.717, 1.165) is 0 Å². The summed E-state index contributed by atoms with van der Waals surface area (Å²) in [6.07, 6.45) is -2.83. The Bertz CT molecular complexity index is 895. The molecule has 1 N–H and O–H groups in total. The fraction of sp³-hybridized carbons (Fsp3) is 0.357. The fourth-order valence-electron chi connectivity index (χ4n) is 2.29. The van der Waals surface area contributed by atoms with Crippen molar-refractivity contribution in [1.29, 1.82) is 0 Å². The normalized spacial score (nSPS) is 17.1. The first-order chi connectivity index (χ1) is 12.1. The average molecular weight is 390 g/mol. The molecule has 140 valence electrons. The van der Waals surface area contributed by atoms with Gasteiger partial charge >= 0.3 is 12.1 Å². The van der Waals surface area contributed by atoms with Crippen molar-refractivity contribution in [3.8, 4) is 0 Å². The second kappa shape index (κ2) is 6.59. The Morgan fingerprint density at radius 2 is 1.92 bits per heavy atom. The first-order valence-corrected chi connectivity index (χ1v) is 9.22. The molecule has 0 spiro atoms. The van der Waals surface area contributed by atoms with Gasteiger partial charge in [-0.05, 0) is 12.1 Å². The van der Waals surface area contributed by atoms with Crippen molar-refractivity contribution in [1.82, 2.24) is 9.97 Å². The number of hydrogen-bond donors (Lipinski definition) is 1. The zero-order chi connectivity index (χ0) is 18.9. The van der Waals surface area contributed by atoms with Gasteiger partial charge in [0.1, 0.15) is 12.1 Å². The lowest BCUT2D eigenvalue weighted by molar-refractivity contribution is -0.157. The van der Waals surface area contributed by atoms with E-state index in [0.29, 0.717) is 25.2 Å². The molecule has 2 aromatic heterocycles. The molecule has 0 aromatic carbocycles. The third kappa shape index (κ3) is 4.12. The summed E-state index contributed by atoms with van der Waals surface area (Å²) in [4.78, 5) is 20.9. The van der Waals surface area contributed by atoms with E-state index in [-0.39, 0.29) is 17.2 Å². The standard InChI is InChI=1S/C14H13F3N4O4S/c15-14(16,17)13-20-10(8-25-13)12(22)19-9-1-2-11(18-7-9)21-3-5-26(23,24)6-4-21/h1-2,7-8H,3-6H2,(H,19,22). The number of oxazole rings is 1. The minimum absolute atomic E-state index is 0.0425. The van der Waals surface area contributed by atoms with Crippen molar-refractivity contribution in [3.63, 3.8) is 0 Å². The third-order valence-corrected chi connectivity index (χ3v) is 5.26. The predicted molar refractivity (Wildman–Crippen MR) is 84.6 cm³/mol. The Labute approximate surface area is 145 Å². The van der Waals surface area contributed by atoms with Gasteiger partial charge in [-0.25, -0.2) is 18.4 Å². The molecule has 1 fully saturated rings. The smallest absolute Gasteiger partial charge is 0.441 e. The fourth-order valence-corrected chi connectivity index (χ4v) is 3.49. The van der Waals surface area contributed by atoms with Crippen LogP contribution in [0.3, 0.4) is 0 Å². The molecule has 1 amide bonds. The van der Waals surface area contributed by atoms with Gasteiger partial charge in [0.25, 0.3) is 5.91 Å². The summed E-state index contributed by atoms with van der Waals surface area (Å²) in [5.41, 5.74) is -0.262. The van der Waals surface area contributed by atoms with Crippen LogP contribution in [0.5, 0.6) is 0 Å². The largest absolute Gasteiger partial charge is 0.468 e. The maximum absolute atomic E-state index is 12.4. The summed E-state index contributed by atoms with van der Waals surface area (Å²) in [7, 11) is -3.01. The number of amides is 1. The van der Waals surface area contributed by atoms with Gasteiger partial charge < -0.3 is 14.6 Å². The van der Waals surface area contributed by atoms with Gasteiger partial charge in [0, 0.05) is 13.1 Å². The van der Waals surface area contributed by atoms with Gasteiger partial charge in [-0.15, -0.1) is 0 Å². The molecule has 12 heteroatoms. The summed E-state index contributed by atoms with van der Waals surface area (Å²) >= 11 is 0. The molecule has 0 atom stereocenters. The van der Waals surface area contributed by atoms with E-state index in [9.17, 15) is 26.4 Å². The van der Waals surface area contributed by atoms with Gasteiger partial charge in [0.15, 0.2) is 15.5 Å². The highest BCUT2D eigenvalue weighted by Crippen LogP contribution is 2.28. The number of carbonyl (C=O) groups excluding carboxylic acids is 1. The zero-order valence-corrected chi connectivity index (χ0v) is 14.0. The molecule has 3 rings (SSSR count). The molecule has 0 unspecified atom stereocenters. The van der Waals surface area contributed by atoms with Crippen molar-refractivity contribution in [3.05, 3.63) is 36.2 Å². The number of anilines is 2. The van der Waals surface area contributed by atoms with E-state index in [1.54, 1.807) is 11.0 Å². The lowest BCUT2D eigenvalue weighted by Crippen LogP contribution is -2.40. The predicted octanol–water partition coefficient (Wildman–Crippen LogP) is 1.58. The first kappa shape index (κ1) is 18.2. The number of alkyl halides is 3. The van der Waals surface area contributed by atoms with Gasteiger partial charge in [-0.2, -0.15) is 13.2 Å². The zero-order valence-electron chi connectivity index (χ0n) is 13.2. The number of hydrogen-bond acceptors (Lipinski definition) is 7. The van der Waals surface area contributed by atoms with E-state index >= 15 is 0 Å². The molecule has 1 saturated heterocycles. The molecule has 1 aliphatic rings. The van der Waals surface area contributed by atoms with Crippen molar-refractivity contribution >= 4 is 27.2 Å². The van der Waals surface area contributed by atoms with E-state index in [1.807, 2.05) is 0 Å². The third-order valence-electron chi connectivity index (χ3n) is 3.65. The Morgan fingerprint density at radius 1 is 1.23 bits per heavy atom. The van der Waals surface area contributed by atoms with E-state index in [4.69, 9.17) is 0 Å². The highest BCUT2D eigenvalue weighted by molar-refractivity contribution is 7.91. The topological polar surface area (TPSA) is 105 Å². The Balaban J connectivity index is 1.64. The number of nitrogens with zero attached hydrogens (tertiary/aromatic N) is 3. The van der Waals surface area contributed by atoms with Crippen LogP contribution in [0.15, 0.2) is 29.0 Å². The van der Waals surface area contributed by atoms with Crippen LogP contribution in [0.25, 0.3) is 0 Å². The first-order valence-electron chi connectivity index (χ1n) is 7.39. The monoisotopic (exact) mass is 390 g/mol. The van der Waals surface area contributed by atoms with Crippen LogP contribution < -0.4 is 10.2 Å². The van der Waals surface area contributed by atoms with Crippen molar-refractivity contribution in [2.24, 2.45) is 0 Å². The van der Waals surface area contributed by atoms with Crippen LogP contribution in [-0.2, 0) is 16.0 Å². The van der Waals surface area contributed by atoms with Gasteiger partial charge in [-0.1, -0.05) is 0 Å². The molecule has 0 aliphatic carbocycles. The molecule has 8 nitrogen and oxygen atoms in total. The number of rotatable bonds is 3. The molecule has 0 bridgehead atoms. The van der Waals surface area contributed by atoms with Gasteiger partial charge in [-0.3, -0.25) is 4.79 Å². The van der Waals surface area contributed by atoms with Crippen molar-refractivity contribution in [2.75, 3.05) is 34.8 Å². The second-order valence-corrected chi connectivity index (χ2v) is 7.84. The van der Waals surface area contributed by atoms with Crippen LogP contribution in [-0.4, -0.2) is 48.9 Å². The second-order valence-electron chi connectivity index (χ2n) is 5.53. The van der Waals surface area contributed by atoms with Crippen molar-refractivity contribution in [2.45, 2.75) is 6.18 Å². The summed E-state index contributed by atoms with van der Waals surface area (Å²) in [5, 5.41) is 2.36. The van der Waals surface area contributed by atoms with Crippen LogP contribution in [0.4, 0.5) is 24.7 Å². The van der Waals surface area contributed by atoms with Crippen LogP contribution >= 0.6 is 0 Å². The number of nitrogens with one attached hydrogen (secondary N) is 1. The van der Waals surface area contributed by atoms with Crippen LogP contribution in [0.1, 0.15) is 16.4 Å². The van der Waals surface area contributed by atoms with E-state index in [2.05, 4.69) is 19.7 Å². The number of carbonyl (C=O) groups is 1. The Hall–Kier alpha value is -2.63. The van der Waals surface area contributed by atoms with Crippen LogP contribution in [0.2, 0.25) is 0 Å². The quantitative estimate of drug-likeness (QED) is 0.848. The molecule has 0 saturated carbocycles. The molecule has 1 aliphatic heterocycles. The number of halogens is 3. The summed E-state index contributed by atoms with van der Waals surface area (Å²) in [6, 6.07) is 3.09. The van der Waals surface area contributed by atoms with Gasteiger partial charge in [0.05, 0.1) is 23.4 Å². The maximum Gasteiger partial charge on any atom is 0.468 e. The molecule has 26 heavy (non-hydrogen) atoms. The summed E-state index contributed by atoms with van der Waals surface area (Å²) < 4.78 is 64.3. The lowest BCUT2D eigenvalue weighted by Gasteiger charge is -2.27. The number of pyridine rings is 1. The molecular weight excluding hydrogens is 377 g/mol. The number of aromatic nitrogens is 2. The molecule has 0 radical (unpaired) electrons. The Kier molecular flexibility index (Phi) is 4.61. The van der Waals surface area contributed by atoms with E-state index in [1.165, 1.54) is 12.3 Å².